The smallest absolute Gasteiger partial charge is 0.384 e. The number of nitrogen functional groups attached to an aromatic ring is 1. The fraction of sp³-hybridized carbons (Fsp3) is 0.579. The van der Waals surface area contributed by atoms with Crippen molar-refractivity contribution in [1.82, 2.24) is 19.9 Å². The predicted molar refractivity (Wildman–Crippen MR) is 108 cm³/mol. The molecule has 2 aromatic rings. The monoisotopic (exact) mass is 439 g/mol. The number of pyridine rings is 1. The predicted octanol–water partition coefficient (Wildman–Crippen LogP) is 1.98. The van der Waals surface area contributed by atoms with Crippen molar-refractivity contribution in [1.29, 1.82) is 0 Å². The lowest BCUT2D eigenvalue weighted by molar-refractivity contribution is -0.137. The van der Waals surface area contributed by atoms with E-state index in [4.69, 9.17) is 15.2 Å². The van der Waals surface area contributed by atoms with Crippen LogP contribution in [0.1, 0.15) is 19.4 Å². The Hall–Kier alpha value is -2.73. The quantitative estimate of drug-likeness (QED) is 0.769. The summed E-state index contributed by atoms with van der Waals surface area (Å²) in [6, 6.07) is 0.753. The van der Waals surface area contributed by atoms with Crippen LogP contribution in [0.5, 0.6) is 0 Å². The second-order valence-corrected chi connectivity index (χ2v) is 7.66. The van der Waals surface area contributed by atoms with E-state index in [0.29, 0.717) is 51.4 Å². The van der Waals surface area contributed by atoms with Crippen LogP contribution in [0.3, 0.4) is 0 Å². The van der Waals surface area contributed by atoms with Gasteiger partial charge in [-0.05, 0) is 19.9 Å². The molecule has 0 saturated carbocycles. The lowest BCUT2D eigenvalue weighted by Crippen LogP contribution is -2.48. The van der Waals surface area contributed by atoms with Gasteiger partial charge in [0.15, 0.2) is 5.82 Å². The molecule has 2 N–H and O–H groups in total. The van der Waals surface area contributed by atoms with E-state index in [1.165, 1.54) is 0 Å². The third-order valence-electron chi connectivity index (χ3n) is 5.24. The SMILES string of the molecule is C[C@@H]1CN(c2nc(-c3cnc(N)cc3C(F)(F)F)nc(N3CCOCC3)n2)[C@H](C)CO1. The number of ether oxygens (including phenoxy) is 2. The van der Waals surface area contributed by atoms with Crippen LogP contribution >= 0.6 is 0 Å². The van der Waals surface area contributed by atoms with Gasteiger partial charge >= 0.3 is 6.18 Å². The number of nitrogens with zero attached hydrogens (tertiary/aromatic N) is 6. The fourth-order valence-corrected chi connectivity index (χ4v) is 3.57. The van der Waals surface area contributed by atoms with Gasteiger partial charge in [0.1, 0.15) is 5.82 Å². The van der Waals surface area contributed by atoms with Crippen molar-refractivity contribution in [2.75, 3.05) is 55.0 Å². The summed E-state index contributed by atoms with van der Waals surface area (Å²) in [6.07, 6.45) is -3.64. The van der Waals surface area contributed by atoms with E-state index in [9.17, 15) is 13.2 Å². The standard InChI is InChI=1S/C19H24F3N7O2/c1-11-10-31-12(2)9-29(11)18-26-16(25-17(27-18)28-3-5-30-6-4-28)13-8-24-15(23)7-14(13)19(20,21)22/h7-8,11-12H,3-6,9-10H2,1-2H3,(H2,23,24)/t11-,12-/m1/s1. The van der Waals surface area contributed by atoms with Gasteiger partial charge in [0.25, 0.3) is 0 Å². The number of alkyl halides is 3. The van der Waals surface area contributed by atoms with Gasteiger partial charge in [-0.25, -0.2) is 4.98 Å². The molecule has 2 saturated heterocycles. The van der Waals surface area contributed by atoms with Crippen molar-refractivity contribution in [3.8, 4) is 11.4 Å². The van der Waals surface area contributed by atoms with E-state index < -0.39 is 11.7 Å². The minimum Gasteiger partial charge on any atom is -0.384 e. The molecule has 2 aromatic heterocycles. The molecule has 2 aliphatic heterocycles. The maximum atomic E-state index is 13.7. The molecule has 0 unspecified atom stereocenters. The lowest BCUT2D eigenvalue weighted by atomic mass is 10.1. The Morgan fingerprint density at radius 3 is 2.52 bits per heavy atom. The summed E-state index contributed by atoms with van der Waals surface area (Å²) in [7, 11) is 0. The number of morpholine rings is 2. The topological polar surface area (TPSA) is 103 Å². The Kier molecular flexibility index (Phi) is 5.84. The van der Waals surface area contributed by atoms with Gasteiger partial charge < -0.3 is 25.0 Å². The average molecular weight is 439 g/mol. The maximum Gasteiger partial charge on any atom is 0.417 e. The van der Waals surface area contributed by atoms with Crippen molar-refractivity contribution >= 4 is 17.7 Å². The first-order valence-corrected chi connectivity index (χ1v) is 10.0. The molecule has 0 aromatic carbocycles. The van der Waals surface area contributed by atoms with Gasteiger partial charge in [-0.3, -0.25) is 0 Å². The molecule has 2 atom stereocenters. The number of rotatable bonds is 3. The Bertz CT molecular complexity index is 937. The summed E-state index contributed by atoms with van der Waals surface area (Å²) in [5.74, 6) is 0.283. The summed E-state index contributed by atoms with van der Waals surface area (Å²) in [5, 5.41) is 0. The average Bonchev–Trinajstić information content (AvgIpc) is 2.75. The number of halogens is 3. The molecule has 2 aliphatic rings. The van der Waals surface area contributed by atoms with Crippen LogP contribution in [0.25, 0.3) is 11.4 Å². The zero-order valence-corrected chi connectivity index (χ0v) is 17.3. The van der Waals surface area contributed by atoms with Crippen LogP contribution in [-0.2, 0) is 15.7 Å². The molecule has 9 nitrogen and oxygen atoms in total. The van der Waals surface area contributed by atoms with Gasteiger partial charge in [-0.1, -0.05) is 0 Å². The summed E-state index contributed by atoms with van der Waals surface area (Å²) in [6.45, 7) is 6.89. The van der Waals surface area contributed by atoms with Crippen molar-refractivity contribution < 1.29 is 22.6 Å². The zero-order valence-electron chi connectivity index (χ0n) is 17.3. The summed E-state index contributed by atoms with van der Waals surface area (Å²) >= 11 is 0. The molecule has 12 heteroatoms. The van der Waals surface area contributed by atoms with E-state index in [1.807, 2.05) is 23.6 Å². The highest BCUT2D eigenvalue weighted by molar-refractivity contribution is 5.64. The molecular formula is C19H24F3N7O2. The minimum absolute atomic E-state index is 0.0457. The third kappa shape index (κ3) is 4.64. The normalized spacial score (nSPS) is 22.6. The van der Waals surface area contributed by atoms with Crippen LogP contribution in [0, 0.1) is 0 Å². The molecule has 31 heavy (non-hydrogen) atoms. The maximum absolute atomic E-state index is 13.7. The van der Waals surface area contributed by atoms with Crippen molar-refractivity contribution in [3.63, 3.8) is 0 Å². The van der Waals surface area contributed by atoms with Gasteiger partial charge in [0, 0.05) is 25.8 Å². The summed E-state index contributed by atoms with van der Waals surface area (Å²) < 4.78 is 52.2. The molecule has 0 aliphatic carbocycles. The van der Waals surface area contributed by atoms with Crippen molar-refractivity contribution in [3.05, 3.63) is 17.8 Å². The molecule has 0 spiro atoms. The molecule has 4 rings (SSSR count). The van der Waals surface area contributed by atoms with E-state index in [2.05, 4.69) is 19.9 Å². The van der Waals surface area contributed by atoms with Gasteiger partial charge in [0.2, 0.25) is 11.9 Å². The number of anilines is 3. The first-order chi connectivity index (χ1) is 14.7. The number of hydrogen-bond acceptors (Lipinski definition) is 9. The number of aromatic nitrogens is 4. The Balaban J connectivity index is 1.84. The van der Waals surface area contributed by atoms with Crippen LogP contribution < -0.4 is 15.5 Å². The van der Waals surface area contributed by atoms with Gasteiger partial charge in [0.05, 0.1) is 43.1 Å². The lowest BCUT2D eigenvalue weighted by Gasteiger charge is -2.37. The summed E-state index contributed by atoms with van der Waals surface area (Å²) in [4.78, 5) is 21.1. The van der Waals surface area contributed by atoms with E-state index in [-0.39, 0.29) is 29.4 Å². The van der Waals surface area contributed by atoms with E-state index in [1.54, 1.807) is 0 Å². The second-order valence-electron chi connectivity index (χ2n) is 7.66. The van der Waals surface area contributed by atoms with E-state index >= 15 is 0 Å². The van der Waals surface area contributed by atoms with Crippen LogP contribution in [0.15, 0.2) is 12.3 Å². The first kappa shape index (κ1) is 21.5. The van der Waals surface area contributed by atoms with Crippen molar-refractivity contribution in [2.24, 2.45) is 0 Å². The van der Waals surface area contributed by atoms with Crippen LogP contribution in [-0.4, -0.2) is 71.5 Å². The molecule has 0 radical (unpaired) electrons. The second kappa shape index (κ2) is 8.42. The highest BCUT2D eigenvalue weighted by Gasteiger charge is 2.36. The fourth-order valence-electron chi connectivity index (χ4n) is 3.57. The van der Waals surface area contributed by atoms with Gasteiger partial charge in [-0.15, -0.1) is 0 Å². The highest BCUT2D eigenvalue weighted by atomic mass is 19.4. The molecule has 0 amide bonds. The Morgan fingerprint density at radius 1 is 1.10 bits per heavy atom. The largest absolute Gasteiger partial charge is 0.417 e. The molecule has 168 valence electrons. The Morgan fingerprint density at radius 2 is 1.81 bits per heavy atom. The third-order valence-corrected chi connectivity index (χ3v) is 5.24. The van der Waals surface area contributed by atoms with Gasteiger partial charge in [-0.2, -0.15) is 28.1 Å². The van der Waals surface area contributed by atoms with E-state index in [0.717, 1.165) is 12.3 Å². The summed E-state index contributed by atoms with van der Waals surface area (Å²) in [5.41, 5.74) is 4.34. The molecule has 2 fully saturated rings. The number of nitrogens with two attached hydrogens (primary N) is 1. The molecule has 0 bridgehead atoms. The van der Waals surface area contributed by atoms with Crippen LogP contribution in [0.4, 0.5) is 30.9 Å². The molecule has 4 heterocycles. The highest BCUT2D eigenvalue weighted by Crippen LogP contribution is 2.37. The van der Waals surface area contributed by atoms with Crippen molar-refractivity contribution in [2.45, 2.75) is 32.2 Å². The molecular weight excluding hydrogens is 415 g/mol. The Labute approximate surface area is 177 Å². The first-order valence-electron chi connectivity index (χ1n) is 10.0. The van der Waals surface area contributed by atoms with Crippen LogP contribution in [0.2, 0.25) is 0 Å². The zero-order chi connectivity index (χ0) is 22.2. The minimum atomic E-state index is -4.64. The number of hydrogen-bond donors (Lipinski definition) is 1.